The summed E-state index contributed by atoms with van der Waals surface area (Å²) in [5.41, 5.74) is 1.01. The van der Waals surface area contributed by atoms with Gasteiger partial charge in [-0.15, -0.1) is 0 Å². The Balaban J connectivity index is 1.83. The first-order chi connectivity index (χ1) is 12.0. The number of urea groups is 1. The number of quaternary nitrogens is 1. The summed E-state index contributed by atoms with van der Waals surface area (Å²) in [7, 11) is 4.53. The number of amides is 4. The number of ether oxygens (including phenoxy) is 2. The van der Waals surface area contributed by atoms with Gasteiger partial charge in [0, 0.05) is 26.0 Å². The lowest BCUT2D eigenvalue weighted by molar-refractivity contribution is -0.925. The third-order valence-corrected chi connectivity index (χ3v) is 4.91. The standard InChI is InChI=1S/C17H21N3O5/c1-18-15(21)16(22)20(17(18)23)10-19-8-4-5-13(19)12-7-6-11(24-2)9-14(12)25-3/h6-7,9,13H,4-5,8,10H2,1-3H3/p+1/t13-/m0/s1. The van der Waals surface area contributed by atoms with Crippen LogP contribution < -0.4 is 14.4 Å². The molecule has 1 aromatic carbocycles. The van der Waals surface area contributed by atoms with Gasteiger partial charge in [-0.05, 0) is 12.1 Å². The molecule has 0 aliphatic carbocycles. The van der Waals surface area contributed by atoms with E-state index in [1.165, 1.54) is 7.05 Å². The molecule has 0 aromatic heterocycles. The van der Waals surface area contributed by atoms with Crippen molar-refractivity contribution in [1.82, 2.24) is 9.80 Å². The predicted octanol–water partition coefficient (Wildman–Crippen LogP) is -0.198. The second-order valence-electron chi connectivity index (χ2n) is 6.25. The van der Waals surface area contributed by atoms with Crippen LogP contribution in [0.1, 0.15) is 24.4 Å². The van der Waals surface area contributed by atoms with Crippen LogP contribution in [0.15, 0.2) is 18.2 Å². The molecular weight excluding hydrogens is 326 g/mol. The first-order valence-electron chi connectivity index (χ1n) is 8.18. The Bertz CT molecular complexity index is 720. The van der Waals surface area contributed by atoms with Gasteiger partial charge in [0.1, 0.15) is 17.5 Å². The first kappa shape index (κ1) is 17.2. The lowest BCUT2D eigenvalue weighted by atomic mass is 10.0. The molecule has 2 heterocycles. The van der Waals surface area contributed by atoms with E-state index in [2.05, 4.69) is 0 Å². The third kappa shape index (κ3) is 2.93. The van der Waals surface area contributed by atoms with Crippen LogP contribution in [-0.2, 0) is 9.59 Å². The van der Waals surface area contributed by atoms with Crippen molar-refractivity contribution in [3.63, 3.8) is 0 Å². The Morgan fingerprint density at radius 3 is 2.52 bits per heavy atom. The lowest BCUT2D eigenvalue weighted by Crippen LogP contribution is -3.12. The number of nitrogens with zero attached hydrogens (tertiary/aromatic N) is 2. The molecule has 1 N–H and O–H groups in total. The zero-order valence-electron chi connectivity index (χ0n) is 14.6. The van der Waals surface area contributed by atoms with Crippen molar-refractivity contribution in [1.29, 1.82) is 0 Å². The highest BCUT2D eigenvalue weighted by Gasteiger charge is 2.46. The average Bonchev–Trinajstić information content (AvgIpc) is 3.16. The van der Waals surface area contributed by atoms with Crippen molar-refractivity contribution in [3.8, 4) is 11.5 Å². The van der Waals surface area contributed by atoms with Crippen LogP contribution in [0.5, 0.6) is 11.5 Å². The summed E-state index contributed by atoms with van der Waals surface area (Å²) < 4.78 is 10.7. The number of imide groups is 2. The molecule has 0 saturated carbocycles. The maximum atomic E-state index is 12.1. The normalized spacial score (nSPS) is 23.6. The van der Waals surface area contributed by atoms with Crippen molar-refractivity contribution in [2.45, 2.75) is 18.9 Å². The van der Waals surface area contributed by atoms with Crippen molar-refractivity contribution in [3.05, 3.63) is 23.8 Å². The van der Waals surface area contributed by atoms with E-state index in [1.807, 2.05) is 18.2 Å². The van der Waals surface area contributed by atoms with Crippen LogP contribution in [0.2, 0.25) is 0 Å². The van der Waals surface area contributed by atoms with Crippen LogP contribution in [0.25, 0.3) is 0 Å². The average molecular weight is 348 g/mol. The fourth-order valence-corrected chi connectivity index (χ4v) is 3.54. The summed E-state index contributed by atoms with van der Waals surface area (Å²) in [4.78, 5) is 38.8. The van der Waals surface area contributed by atoms with Gasteiger partial charge in [-0.2, -0.15) is 0 Å². The number of rotatable bonds is 5. The molecule has 2 fully saturated rings. The van der Waals surface area contributed by atoms with Gasteiger partial charge in [0.2, 0.25) is 0 Å². The highest BCUT2D eigenvalue weighted by Crippen LogP contribution is 2.31. The summed E-state index contributed by atoms with van der Waals surface area (Å²) in [5, 5.41) is 0. The molecule has 1 unspecified atom stereocenters. The Kier molecular flexibility index (Phi) is 4.63. The minimum absolute atomic E-state index is 0.0856. The van der Waals surface area contributed by atoms with E-state index in [0.717, 1.165) is 45.4 Å². The molecule has 2 aliphatic rings. The molecule has 8 nitrogen and oxygen atoms in total. The Hall–Kier alpha value is -2.61. The molecule has 1 aromatic rings. The maximum Gasteiger partial charge on any atom is 0.338 e. The Labute approximate surface area is 145 Å². The Morgan fingerprint density at radius 1 is 1.16 bits per heavy atom. The minimum Gasteiger partial charge on any atom is -0.497 e. The van der Waals surface area contributed by atoms with Gasteiger partial charge in [-0.25, -0.2) is 9.69 Å². The minimum atomic E-state index is -0.776. The van der Waals surface area contributed by atoms with E-state index in [9.17, 15) is 14.4 Å². The molecule has 2 atom stereocenters. The van der Waals surface area contributed by atoms with Gasteiger partial charge in [0.25, 0.3) is 0 Å². The van der Waals surface area contributed by atoms with Crippen LogP contribution in [-0.4, -0.2) is 62.1 Å². The maximum absolute atomic E-state index is 12.1. The van der Waals surface area contributed by atoms with Crippen molar-refractivity contribution in [2.24, 2.45) is 0 Å². The summed E-state index contributed by atoms with van der Waals surface area (Å²) in [5.74, 6) is -0.109. The second kappa shape index (κ2) is 6.72. The topological polar surface area (TPSA) is 80.6 Å². The quantitative estimate of drug-likeness (QED) is 0.589. The molecule has 134 valence electrons. The summed E-state index contributed by atoms with van der Waals surface area (Å²) in [6, 6.07) is 5.18. The van der Waals surface area contributed by atoms with Gasteiger partial charge < -0.3 is 14.4 Å². The molecular formula is C17H22N3O5+. The number of nitrogens with one attached hydrogen (secondary N) is 1. The van der Waals surface area contributed by atoms with E-state index < -0.39 is 17.8 Å². The molecule has 0 radical (unpaired) electrons. The fraction of sp³-hybridized carbons (Fsp3) is 0.471. The number of benzene rings is 1. The lowest BCUT2D eigenvalue weighted by Gasteiger charge is -2.26. The number of hydrogen-bond acceptors (Lipinski definition) is 5. The molecule has 4 amide bonds. The van der Waals surface area contributed by atoms with E-state index in [0.29, 0.717) is 5.75 Å². The molecule has 2 saturated heterocycles. The van der Waals surface area contributed by atoms with Crippen LogP contribution >= 0.6 is 0 Å². The van der Waals surface area contributed by atoms with Crippen LogP contribution in [0.3, 0.4) is 0 Å². The van der Waals surface area contributed by atoms with Gasteiger partial charge in [-0.1, -0.05) is 0 Å². The summed E-state index contributed by atoms with van der Waals surface area (Å²) >= 11 is 0. The number of carbonyl (C=O) groups is 3. The molecule has 8 heteroatoms. The smallest absolute Gasteiger partial charge is 0.338 e. The largest absolute Gasteiger partial charge is 0.497 e. The van der Waals surface area contributed by atoms with Gasteiger partial charge in [0.15, 0.2) is 6.67 Å². The second-order valence-corrected chi connectivity index (χ2v) is 6.25. The number of likely N-dealkylation sites (N-methyl/N-ethyl adjacent to an activating group) is 1. The molecule has 25 heavy (non-hydrogen) atoms. The molecule has 2 aliphatic heterocycles. The Morgan fingerprint density at radius 2 is 1.92 bits per heavy atom. The molecule has 3 rings (SSSR count). The van der Waals surface area contributed by atoms with E-state index in [4.69, 9.17) is 9.47 Å². The van der Waals surface area contributed by atoms with Crippen molar-refractivity contribution < 1.29 is 28.8 Å². The van der Waals surface area contributed by atoms with E-state index in [-0.39, 0.29) is 12.7 Å². The monoisotopic (exact) mass is 348 g/mol. The van der Waals surface area contributed by atoms with E-state index in [1.54, 1.807) is 14.2 Å². The highest BCUT2D eigenvalue weighted by atomic mass is 16.5. The van der Waals surface area contributed by atoms with Crippen LogP contribution in [0, 0.1) is 0 Å². The number of carbonyl (C=O) groups excluding carboxylic acids is 3. The highest BCUT2D eigenvalue weighted by molar-refractivity contribution is 6.44. The first-order valence-corrected chi connectivity index (χ1v) is 8.18. The predicted molar refractivity (Wildman–Crippen MR) is 87.2 cm³/mol. The van der Waals surface area contributed by atoms with Crippen LogP contribution in [0.4, 0.5) is 4.79 Å². The number of likely N-dealkylation sites (tertiary alicyclic amines) is 1. The summed E-state index contributed by atoms with van der Waals surface area (Å²) in [6.07, 6.45) is 1.88. The number of hydrogen-bond donors (Lipinski definition) is 1. The van der Waals surface area contributed by atoms with Crippen molar-refractivity contribution >= 4 is 17.8 Å². The third-order valence-electron chi connectivity index (χ3n) is 4.91. The van der Waals surface area contributed by atoms with Gasteiger partial charge >= 0.3 is 17.8 Å². The zero-order chi connectivity index (χ0) is 18.1. The molecule has 0 bridgehead atoms. The van der Waals surface area contributed by atoms with Crippen molar-refractivity contribution in [2.75, 3.05) is 34.5 Å². The molecule has 0 spiro atoms. The van der Waals surface area contributed by atoms with Gasteiger partial charge in [0.05, 0.1) is 26.3 Å². The van der Waals surface area contributed by atoms with Gasteiger partial charge in [-0.3, -0.25) is 14.5 Å². The fourth-order valence-electron chi connectivity index (χ4n) is 3.54. The number of methoxy groups -OCH3 is 2. The summed E-state index contributed by atoms with van der Waals surface area (Å²) in [6.45, 7) is 0.989. The zero-order valence-corrected chi connectivity index (χ0v) is 14.6. The SMILES string of the molecule is COc1ccc([C@@H]2CCC[NH+]2CN2C(=O)C(=O)N(C)C2=O)c(OC)c1. The van der Waals surface area contributed by atoms with E-state index >= 15 is 0 Å².